The summed E-state index contributed by atoms with van der Waals surface area (Å²) >= 11 is 6.31. The molecule has 0 bridgehead atoms. The zero-order valence-electron chi connectivity index (χ0n) is 12.7. The van der Waals surface area contributed by atoms with Crippen LogP contribution in [0.1, 0.15) is 44.2 Å². The van der Waals surface area contributed by atoms with Crippen molar-refractivity contribution in [2.45, 2.75) is 38.6 Å². The minimum Gasteiger partial charge on any atom is -0.313 e. The van der Waals surface area contributed by atoms with E-state index in [9.17, 15) is 0 Å². The van der Waals surface area contributed by atoms with E-state index >= 15 is 0 Å². The highest BCUT2D eigenvalue weighted by molar-refractivity contribution is 6.31. The third-order valence-electron chi connectivity index (χ3n) is 4.12. The van der Waals surface area contributed by atoms with E-state index in [-0.39, 0.29) is 0 Å². The highest BCUT2D eigenvalue weighted by Gasteiger charge is 2.24. The van der Waals surface area contributed by atoms with E-state index in [1.165, 1.54) is 37.9 Å². The Kier molecular flexibility index (Phi) is 6.34. The molecular weight excluding hydrogens is 268 g/mol. The van der Waals surface area contributed by atoms with Crippen molar-refractivity contribution in [1.82, 2.24) is 10.2 Å². The molecule has 1 aromatic rings. The molecule has 112 valence electrons. The Labute approximate surface area is 128 Å². The lowest BCUT2D eigenvalue weighted by molar-refractivity contribution is 0.249. The van der Waals surface area contributed by atoms with Crippen LogP contribution in [0.15, 0.2) is 24.3 Å². The Morgan fingerprint density at radius 2 is 2.05 bits per heavy atom. The maximum Gasteiger partial charge on any atom is 0.0453 e. The molecule has 0 aliphatic heterocycles. The normalized spacial score (nSPS) is 16.6. The number of hydrogen-bond acceptors (Lipinski definition) is 2. The predicted molar refractivity (Wildman–Crippen MR) is 87.3 cm³/mol. The third kappa shape index (κ3) is 4.76. The summed E-state index contributed by atoms with van der Waals surface area (Å²) in [6.45, 7) is 5.92. The van der Waals surface area contributed by atoms with E-state index in [2.05, 4.69) is 29.3 Å². The Hall–Kier alpha value is -0.570. The first-order valence-corrected chi connectivity index (χ1v) is 8.26. The van der Waals surface area contributed by atoms with Crippen molar-refractivity contribution in [3.05, 3.63) is 34.9 Å². The molecule has 1 aliphatic carbocycles. The average molecular weight is 295 g/mol. The molecule has 0 saturated heterocycles. The Morgan fingerprint density at radius 1 is 1.30 bits per heavy atom. The Morgan fingerprint density at radius 3 is 2.65 bits per heavy atom. The van der Waals surface area contributed by atoms with Gasteiger partial charge in [0.25, 0.3) is 0 Å². The molecule has 1 fully saturated rings. The highest BCUT2D eigenvalue weighted by Crippen LogP contribution is 2.30. The number of halogens is 1. The van der Waals surface area contributed by atoms with Gasteiger partial charge in [0, 0.05) is 17.6 Å². The van der Waals surface area contributed by atoms with Crippen LogP contribution in [0.2, 0.25) is 5.02 Å². The highest BCUT2D eigenvalue weighted by atomic mass is 35.5. The maximum absolute atomic E-state index is 6.31. The summed E-state index contributed by atoms with van der Waals surface area (Å²) in [6.07, 6.45) is 5.22. The van der Waals surface area contributed by atoms with Crippen LogP contribution in [0.4, 0.5) is 0 Å². The second-order valence-electron chi connectivity index (χ2n) is 5.90. The molecule has 2 nitrogen and oxygen atoms in total. The van der Waals surface area contributed by atoms with E-state index < -0.39 is 0 Å². The van der Waals surface area contributed by atoms with Crippen molar-refractivity contribution in [3.63, 3.8) is 0 Å². The largest absolute Gasteiger partial charge is 0.313 e. The molecule has 3 heteroatoms. The number of hydrogen-bond donors (Lipinski definition) is 1. The maximum atomic E-state index is 6.31. The summed E-state index contributed by atoms with van der Waals surface area (Å²) in [4.78, 5) is 2.62. The van der Waals surface area contributed by atoms with Crippen LogP contribution in [0.25, 0.3) is 0 Å². The summed E-state index contributed by atoms with van der Waals surface area (Å²) in [5.41, 5.74) is 1.22. The molecule has 0 radical (unpaired) electrons. The lowest BCUT2D eigenvalue weighted by atomic mass is 10.0. The second-order valence-corrected chi connectivity index (χ2v) is 6.30. The first-order chi connectivity index (χ1) is 9.74. The van der Waals surface area contributed by atoms with Gasteiger partial charge in [-0.25, -0.2) is 0 Å². The predicted octanol–water partition coefficient (Wildman–Crippen LogP) is 4.11. The number of nitrogens with one attached hydrogen (secondary N) is 1. The molecule has 1 aliphatic rings. The van der Waals surface area contributed by atoms with E-state index in [1.54, 1.807) is 0 Å². The fourth-order valence-corrected chi connectivity index (χ4v) is 3.07. The molecule has 0 heterocycles. The van der Waals surface area contributed by atoms with Crippen LogP contribution >= 0.6 is 11.6 Å². The summed E-state index contributed by atoms with van der Waals surface area (Å²) in [7, 11) is 2.03. The van der Waals surface area contributed by atoms with Crippen LogP contribution in [0, 0.1) is 5.92 Å². The molecule has 1 unspecified atom stereocenters. The van der Waals surface area contributed by atoms with Gasteiger partial charge >= 0.3 is 0 Å². The van der Waals surface area contributed by atoms with Gasteiger partial charge in [0.1, 0.15) is 0 Å². The molecule has 1 saturated carbocycles. The van der Waals surface area contributed by atoms with Gasteiger partial charge in [-0.3, -0.25) is 0 Å². The van der Waals surface area contributed by atoms with Crippen molar-refractivity contribution in [2.75, 3.05) is 26.7 Å². The van der Waals surface area contributed by atoms with Crippen molar-refractivity contribution in [2.24, 2.45) is 5.92 Å². The molecule has 0 spiro atoms. The Balaban J connectivity index is 1.89. The summed E-state index contributed by atoms with van der Waals surface area (Å²) in [6, 6.07) is 8.53. The van der Waals surface area contributed by atoms with Gasteiger partial charge < -0.3 is 10.2 Å². The van der Waals surface area contributed by atoms with Crippen LogP contribution in [0.3, 0.4) is 0 Å². The van der Waals surface area contributed by atoms with Gasteiger partial charge in [0.05, 0.1) is 0 Å². The lowest BCUT2D eigenvalue weighted by Crippen LogP contribution is -2.31. The SMILES string of the molecule is CCCN(CCC(NC)c1ccccc1Cl)CC1CC1. The second kappa shape index (κ2) is 8.02. The zero-order valence-corrected chi connectivity index (χ0v) is 13.5. The Bertz CT molecular complexity index is 404. The van der Waals surface area contributed by atoms with Gasteiger partial charge in [-0.15, -0.1) is 0 Å². The molecule has 20 heavy (non-hydrogen) atoms. The minimum absolute atomic E-state index is 0.349. The smallest absolute Gasteiger partial charge is 0.0453 e. The van der Waals surface area contributed by atoms with Crippen molar-refractivity contribution < 1.29 is 0 Å². The van der Waals surface area contributed by atoms with Gasteiger partial charge in [-0.2, -0.15) is 0 Å². The quantitative estimate of drug-likeness (QED) is 0.737. The van der Waals surface area contributed by atoms with Crippen LogP contribution in [-0.2, 0) is 0 Å². The van der Waals surface area contributed by atoms with E-state index in [0.717, 1.165) is 23.9 Å². The van der Waals surface area contributed by atoms with Crippen molar-refractivity contribution >= 4 is 11.6 Å². The van der Waals surface area contributed by atoms with Gasteiger partial charge in [0.2, 0.25) is 0 Å². The number of rotatable bonds is 9. The first kappa shape index (κ1) is 15.8. The zero-order chi connectivity index (χ0) is 14.4. The monoisotopic (exact) mass is 294 g/mol. The molecule has 0 amide bonds. The molecule has 0 aromatic heterocycles. The molecule has 1 N–H and O–H groups in total. The van der Waals surface area contributed by atoms with E-state index in [4.69, 9.17) is 11.6 Å². The van der Waals surface area contributed by atoms with Crippen LogP contribution < -0.4 is 5.32 Å². The summed E-state index contributed by atoms with van der Waals surface area (Å²) in [5, 5.41) is 4.29. The lowest BCUT2D eigenvalue weighted by Gasteiger charge is -2.25. The van der Waals surface area contributed by atoms with E-state index in [1.807, 2.05) is 19.2 Å². The fraction of sp³-hybridized carbons (Fsp3) is 0.647. The minimum atomic E-state index is 0.349. The van der Waals surface area contributed by atoms with Gasteiger partial charge in [-0.1, -0.05) is 36.7 Å². The van der Waals surface area contributed by atoms with Crippen molar-refractivity contribution in [3.8, 4) is 0 Å². The first-order valence-electron chi connectivity index (χ1n) is 7.88. The van der Waals surface area contributed by atoms with Crippen molar-refractivity contribution in [1.29, 1.82) is 0 Å². The standard InChI is InChI=1S/C17H27ClN2/c1-3-11-20(13-14-8-9-14)12-10-17(19-2)15-6-4-5-7-16(15)18/h4-7,14,17,19H,3,8-13H2,1-2H3. The molecule has 1 atom stereocenters. The van der Waals surface area contributed by atoms with Crippen LogP contribution in [-0.4, -0.2) is 31.6 Å². The summed E-state index contributed by atoms with van der Waals surface area (Å²) < 4.78 is 0. The topological polar surface area (TPSA) is 15.3 Å². The van der Waals surface area contributed by atoms with Gasteiger partial charge in [-0.05, 0) is 63.4 Å². The average Bonchev–Trinajstić information content (AvgIpc) is 3.25. The fourth-order valence-electron chi connectivity index (χ4n) is 2.80. The number of nitrogens with zero attached hydrogens (tertiary/aromatic N) is 1. The molecule has 1 aromatic carbocycles. The number of benzene rings is 1. The van der Waals surface area contributed by atoms with E-state index in [0.29, 0.717) is 6.04 Å². The van der Waals surface area contributed by atoms with Gasteiger partial charge in [0.15, 0.2) is 0 Å². The summed E-state index contributed by atoms with van der Waals surface area (Å²) in [5.74, 6) is 0.967. The third-order valence-corrected chi connectivity index (χ3v) is 4.46. The molecular formula is C17H27ClN2. The van der Waals surface area contributed by atoms with Crippen LogP contribution in [0.5, 0.6) is 0 Å². The molecule has 2 rings (SSSR count).